The molecule has 4 rings (SSSR count). The molecule has 5 nitrogen and oxygen atoms in total. The Kier molecular flexibility index (Phi) is 7.45. The summed E-state index contributed by atoms with van der Waals surface area (Å²) in [5, 5.41) is 0. The number of halogens is 2. The van der Waals surface area contributed by atoms with Crippen LogP contribution in [0.3, 0.4) is 0 Å². The number of benzene rings is 2. The predicted molar refractivity (Wildman–Crippen MR) is 130 cm³/mol. The molecule has 0 N–H and O–H groups in total. The summed E-state index contributed by atoms with van der Waals surface area (Å²) in [6.07, 6.45) is 1.07. The first-order valence-corrected chi connectivity index (χ1v) is 11.8. The molecule has 0 fully saturated rings. The number of hydrogen-bond donors (Lipinski definition) is 0. The molecule has 1 aliphatic heterocycles. The van der Waals surface area contributed by atoms with E-state index in [1.807, 2.05) is 32.9 Å². The molecular formula is C28H30F2N2O3. The van der Waals surface area contributed by atoms with Gasteiger partial charge in [0, 0.05) is 43.4 Å². The van der Waals surface area contributed by atoms with Gasteiger partial charge in [-0.3, -0.25) is 14.7 Å². The Labute approximate surface area is 204 Å². The van der Waals surface area contributed by atoms with Gasteiger partial charge in [0.2, 0.25) is 0 Å². The number of hydrogen-bond acceptors (Lipinski definition) is 5. The van der Waals surface area contributed by atoms with Crippen molar-refractivity contribution in [1.29, 1.82) is 0 Å². The van der Waals surface area contributed by atoms with E-state index in [0.717, 1.165) is 24.2 Å². The van der Waals surface area contributed by atoms with E-state index in [0.29, 0.717) is 42.1 Å². The van der Waals surface area contributed by atoms with Crippen molar-refractivity contribution in [2.24, 2.45) is 0 Å². The number of pyridine rings is 1. The number of carbonyl (C=O) groups excluding carboxylic acids is 1. The van der Waals surface area contributed by atoms with Crippen LogP contribution in [0.4, 0.5) is 8.78 Å². The summed E-state index contributed by atoms with van der Waals surface area (Å²) in [4.78, 5) is 18.9. The molecule has 1 aliphatic rings. The maximum atomic E-state index is 14.9. The Bertz CT molecular complexity index is 1210. The number of esters is 1. The molecular weight excluding hydrogens is 450 g/mol. The SMILES string of the molecule is CC(C)(C)OC(=O)CCN1CCc2nc(-c3ccc(OCc4cccc(F)c4)cc3F)ccc2C1. The zero-order chi connectivity index (χ0) is 25.0. The van der Waals surface area contributed by atoms with Crippen LogP contribution in [0.25, 0.3) is 11.3 Å². The van der Waals surface area contributed by atoms with Crippen molar-refractivity contribution in [3.63, 3.8) is 0 Å². The lowest BCUT2D eigenvalue weighted by Gasteiger charge is -2.28. The normalized spacial score (nSPS) is 13.9. The van der Waals surface area contributed by atoms with E-state index in [-0.39, 0.29) is 18.4 Å². The number of rotatable bonds is 7. The van der Waals surface area contributed by atoms with Crippen molar-refractivity contribution in [2.45, 2.75) is 52.4 Å². The molecule has 0 unspecified atom stereocenters. The van der Waals surface area contributed by atoms with E-state index in [1.165, 1.54) is 18.2 Å². The summed E-state index contributed by atoms with van der Waals surface area (Å²) in [6, 6.07) is 14.6. The van der Waals surface area contributed by atoms with Crippen molar-refractivity contribution in [2.75, 3.05) is 13.1 Å². The van der Waals surface area contributed by atoms with Crippen LogP contribution in [0.2, 0.25) is 0 Å². The first-order chi connectivity index (χ1) is 16.7. The third-order valence-electron chi connectivity index (χ3n) is 5.69. The summed E-state index contributed by atoms with van der Waals surface area (Å²) in [5.41, 5.74) is 3.19. The lowest BCUT2D eigenvalue weighted by atomic mass is 10.0. The molecule has 0 bridgehead atoms. The minimum Gasteiger partial charge on any atom is -0.489 e. The summed E-state index contributed by atoms with van der Waals surface area (Å²) < 4.78 is 39.2. The van der Waals surface area contributed by atoms with E-state index in [4.69, 9.17) is 14.5 Å². The highest BCUT2D eigenvalue weighted by atomic mass is 19.1. The van der Waals surface area contributed by atoms with Gasteiger partial charge in [0.25, 0.3) is 0 Å². The minimum absolute atomic E-state index is 0.151. The van der Waals surface area contributed by atoms with Crippen molar-refractivity contribution in [3.05, 3.63) is 83.1 Å². The van der Waals surface area contributed by atoms with Crippen LogP contribution < -0.4 is 4.74 Å². The van der Waals surface area contributed by atoms with Crippen molar-refractivity contribution >= 4 is 5.97 Å². The number of carbonyl (C=O) groups is 1. The first kappa shape index (κ1) is 24.8. The second kappa shape index (κ2) is 10.5. The van der Waals surface area contributed by atoms with Crippen LogP contribution in [0.5, 0.6) is 5.75 Å². The van der Waals surface area contributed by atoms with Gasteiger partial charge in [0.05, 0.1) is 12.1 Å². The molecule has 1 aromatic heterocycles. The Morgan fingerprint density at radius 3 is 2.66 bits per heavy atom. The van der Waals surface area contributed by atoms with Gasteiger partial charge in [-0.2, -0.15) is 0 Å². The average Bonchev–Trinajstić information content (AvgIpc) is 2.80. The fraction of sp³-hybridized carbons (Fsp3) is 0.357. The molecule has 2 aromatic carbocycles. The maximum Gasteiger partial charge on any atom is 0.307 e. The van der Waals surface area contributed by atoms with Crippen LogP contribution in [-0.2, 0) is 29.1 Å². The van der Waals surface area contributed by atoms with Crippen molar-refractivity contribution < 1.29 is 23.0 Å². The highest BCUT2D eigenvalue weighted by molar-refractivity contribution is 5.70. The van der Waals surface area contributed by atoms with E-state index >= 15 is 0 Å². The Balaban J connectivity index is 1.37. The van der Waals surface area contributed by atoms with Crippen molar-refractivity contribution in [1.82, 2.24) is 9.88 Å². The van der Waals surface area contributed by atoms with Gasteiger partial charge in [-0.25, -0.2) is 8.78 Å². The Hall–Kier alpha value is -3.32. The molecule has 0 atom stereocenters. The smallest absolute Gasteiger partial charge is 0.307 e. The Morgan fingerprint density at radius 1 is 1.09 bits per heavy atom. The van der Waals surface area contributed by atoms with E-state index < -0.39 is 11.4 Å². The standard InChI is InChI=1S/C28H30F2N2O3/c1-28(2,3)35-27(33)12-14-32-13-11-25-20(17-32)7-10-26(31-25)23-9-8-22(16-24(23)30)34-18-19-5-4-6-21(29)15-19/h4-10,15-16H,11-14,17-18H2,1-3H3. The van der Waals surface area contributed by atoms with E-state index in [2.05, 4.69) is 4.90 Å². The molecule has 35 heavy (non-hydrogen) atoms. The van der Waals surface area contributed by atoms with Gasteiger partial charge >= 0.3 is 5.97 Å². The fourth-order valence-electron chi connectivity index (χ4n) is 4.04. The second-order valence-corrected chi connectivity index (χ2v) is 9.73. The largest absolute Gasteiger partial charge is 0.489 e. The lowest BCUT2D eigenvalue weighted by molar-refractivity contribution is -0.155. The topological polar surface area (TPSA) is 51.7 Å². The molecule has 0 saturated carbocycles. The van der Waals surface area contributed by atoms with Gasteiger partial charge in [-0.15, -0.1) is 0 Å². The quantitative estimate of drug-likeness (QED) is 0.406. The van der Waals surface area contributed by atoms with E-state index in [1.54, 1.807) is 24.3 Å². The molecule has 0 amide bonds. The number of ether oxygens (including phenoxy) is 2. The third-order valence-corrected chi connectivity index (χ3v) is 5.69. The molecule has 0 spiro atoms. The predicted octanol–water partition coefficient (Wildman–Crippen LogP) is 5.70. The van der Waals surface area contributed by atoms with Gasteiger partial charge < -0.3 is 9.47 Å². The van der Waals surface area contributed by atoms with Crippen LogP contribution in [-0.4, -0.2) is 34.5 Å². The molecule has 2 heterocycles. The summed E-state index contributed by atoms with van der Waals surface area (Å²) in [6.45, 7) is 7.84. The van der Waals surface area contributed by atoms with Gasteiger partial charge in [0.15, 0.2) is 0 Å². The van der Waals surface area contributed by atoms with E-state index in [9.17, 15) is 13.6 Å². The fourth-order valence-corrected chi connectivity index (χ4v) is 4.04. The molecule has 3 aromatic rings. The molecule has 7 heteroatoms. The van der Waals surface area contributed by atoms with Crippen LogP contribution in [0.1, 0.15) is 44.0 Å². The maximum absolute atomic E-state index is 14.9. The number of aromatic nitrogens is 1. The molecule has 0 saturated heterocycles. The minimum atomic E-state index is -0.479. The van der Waals surface area contributed by atoms with Gasteiger partial charge in [-0.05, 0) is 62.2 Å². The second-order valence-electron chi connectivity index (χ2n) is 9.73. The molecule has 184 valence electrons. The lowest BCUT2D eigenvalue weighted by Crippen LogP contribution is -2.34. The summed E-state index contributed by atoms with van der Waals surface area (Å²) >= 11 is 0. The average molecular weight is 481 g/mol. The number of nitrogens with zero attached hydrogens (tertiary/aromatic N) is 2. The number of fused-ring (bicyclic) bond motifs is 1. The summed E-state index contributed by atoms with van der Waals surface area (Å²) in [7, 11) is 0. The zero-order valence-corrected chi connectivity index (χ0v) is 20.3. The zero-order valence-electron chi connectivity index (χ0n) is 20.3. The molecule has 0 radical (unpaired) electrons. The monoisotopic (exact) mass is 480 g/mol. The van der Waals surface area contributed by atoms with Crippen LogP contribution in [0.15, 0.2) is 54.6 Å². The highest BCUT2D eigenvalue weighted by Crippen LogP contribution is 2.28. The van der Waals surface area contributed by atoms with Crippen LogP contribution in [0, 0.1) is 11.6 Å². The van der Waals surface area contributed by atoms with Gasteiger partial charge in [0.1, 0.15) is 29.6 Å². The summed E-state index contributed by atoms with van der Waals surface area (Å²) in [5.74, 6) is -0.592. The first-order valence-electron chi connectivity index (χ1n) is 11.8. The third kappa shape index (κ3) is 6.85. The van der Waals surface area contributed by atoms with Crippen molar-refractivity contribution in [3.8, 4) is 17.0 Å². The molecule has 0 aliphatic carbocycles. The van der Waals surface area contributed by atoms with Crippen LogP contribution >= 0.6 is 0 Å². The Morgan fingerprint density at radius 2 is 1.91 bits per heavy atom. The highest BCUT2D eigenvalue weighted by Gasteiger charge is 2.21. The van der Waals surface area contributed by atoms with Gasteiger partial charge in [-0.1, -0.05) is 18.2 Å².